The van der Waals surface area contributed by atoms with E-state index in [-0.39, 0.29) is 5.76 Å². The van der Waals surface area contributed by atoms with Gasteiger partial charge in [0.25, 0.3) is 5.91 Å². The van der Waals surface area contributed by atoms with Crippen LogP contribution >= 0.6 is 15.9 Å². The number of carbonyl (C=O) groups is 2. The number of rotatable bonds is 3. The molecule has 0 radical (unpaired) electrons. The first kappa shape index (κ1) is 17.0. The van der Waals surface area contributed by atoms with Gasteiger partial charge in [0.05, 0.1) is 5.56 Å². The number of nitrogens with one attached hydrogen (secondary N) is 2. The van der Waals surface area contributed by atoms with Gasteiger partial charge in [0, 0.05) is 17.1 Å². The Morgan fingerprint density at radius 3 is 2.32 bits per heavy atom. The van der Waals surface area contributed by atoms with Gasteiger partial charge in [0.1, 0.15) is 0 Å². The number of hydrogen-bond donors (Lipinski definition) is 2. The van der Waals surface area contributed by atoms with Crippen LogP contribution in [0.4, 0.5) is 0 Å². The number of halogens is 1. The number of aryl methyl sites for hydroxylation is 1. The number of benzene rings is 1. The van der Waals surface area contributed by atoms with E-state index in [9.17, 15) is 9.59 Å². The SMILES string of the molecule is Cc1cc(C(=O)NNC(=O)c2ccc(Br)o2)c(C)n1-c1ccccc1. The number of aromatic nitrogens is 1. The molecule has 2 N–H and O–H groups in total. The van der Waals surface area contributed by atoms with Gasteiger partial charge in [-0.1, -0.05) is 18.2 Å². The molecular weight excluding hydrogens is 386 g/mol. The second-order valence-corrected chi connectivity index (χ2v) is 6.25. The number of amides is 2. The fourth-order valence-corrected chi connectivity index (χ4v) is 2.95. The summed E-state index contributed by atoms with van der Waals surface area (Å²) in [5.74, 6) is -0.827. The van der Waals surface area contributed by atoms with Crippen molar-refractivity contribution in [2.75, 3.05) is 0 Å². The second-order valence-electron chi connectivity index (χ2n) is 5.47. The van der Waals surface area contributed by atoms with E-state index in [1.807, 2.05) is 48.7 Å². The third-order valence-electron chi connectivity index (χ3n) is 3.78. The summed E-state index contributed by atoms with van der Waals surface area (Å²) in [4.78, 5) is 24.4. The highest BCUT2D eigenvalue weighted by Crippen LogP contribution is 2.20. The Bertz CT molecular complexity index is 928. The number of para-hydroxylation sites is 1. The summed E-state index contributed by atoms with van der Waals surface area (Å²) < 4.78 is 7.56. The van der Waals surface area contributed by atoms with Crippen LogP contribution in [0.25, 0.3) is 5.69 Å². The zero-order chi connectivity index (χ0) is 18.0. The molecule has 128 valence electrons. The van der Waals surface area contributed by atoms with Crippen molar-refractivity contribution in [3.8, 4) is 5.69 Å². The Hall–Kier alpha value is -2.80. The largest absolute Gasteiger partial charge is 0.444 e. The van der Waals surface area contributed by atoms with E-state index in [4.69, 9.17) is 4.42 Å². The number of hydrogen-bond acceptors (Lipinski definition) is 3. The minimum Gasteiger partial charge on any atom is -0.444 e. The van der Waals surface area contributed by atoms with Crippen molar-refractivity contribution in [1.82, 2.24) is 15.4 Å². The lowest BCUT2D eigenvalue weighted by molar-refractivity contribution is 0.0830. The van der Waals surface area contributed by atoms with Crippen LogP contribution in [0.1, 0.15) is 32.3 Å². The van der Waals surface area contributed by atoms with Crippen molar-refractivity contribution in [2.45, 2.75) is 13.8 Å². The van der Waals surface area contributed by atoms with Crippen molar-refractivity contribution < 1.29 is 14.0 Å². The molecule has 0 aliphatic rings. The number of furan rings is 1. The maximum atomic E-state index is 12.4. The minimum atomic E-state index is -0.532. The normalized spacial score (nSPS) is 10.5. The molecule has 2 aromatic heterocycles. The Kier molecular flexibility index (Phi) is 4.76. The molecule has 7 heteroatoms. The minimum absolute atomic E-state index is 0.0990. The van der Waals surface area contributed by atoms with Gasteiger partial charge in [0.2, 0.25) is 0 Å². The van der Waals surface area contributed by atoms with Crippen molar-refractivity contribution in [3.05, 3.63) is 75.9 Å². The average Bonchev–Trinajstić information content (AvgIpc) is 3.16. The summed E-state index contributed by atoms with van der Waals surface area (Å²) >= 11 is 3.12. The third-order valence-corrected chi connectivity index (χ3v) is 4.20. The first-order valence-electron chi connectivity index (χ1n) is 7.58. The first-order chi connectivity index (χ1) is 12.0. The van der Waals surface area contributed by atoms with Crippen LogP contribution in [-0.2, 0) is 0 Å². The van der Waals surface area contributed by atoms with Crippen LogP contribution in [0, 0.1) is 13.8 Å². The third kappa shape index (κ3) is 3.51. The summed E-state index contributed by atoms with van der Waals surface area (Å²) in [6.45, 7) is 3.79. The van der Waals surface area contributed by atoms with Crippen LogP contribution in [0.5, 0.6) is 0 Å². The first-order valence-corrected chi connectivity index (χ1v) is 8.37. The topological polar surface area (TPSA) is 76.3 Å². The lowest BCUT2D eigenvalue weighted by Gasteiger charge is -2.10. The molecule has 0 fully saturated rings. The number of hydrazine groups is 1. The second kappa shape index (κ2) is 6.98. The lowest BCUT2D eigenvalue weighted by atomic mass is 10.2. The van der Waals surface area contributed by atoms with E-state index in [1.54, 1.807) is 12.1 Å². The molecule has 0 aliphatic carbocycles. The van der Waals surface area contributed by atoms with Gasteiger partial charge in [-0.25, -0.2) is 0 Å². The highest BCUT2D eigenvalue weighted by Gasteiger charge is 2.18. The van der Waals surface area contributed by atoms with Crippen LogP contribution < -0.4 is 10.9 Å². The highest BCUT2D eigenvalue weighted by atomic mass is 79.9. The molecule has 0 saturated heterocycles. The van der Waals surface area contributed by atoms with E-state index in [2.05, 4.69) is 26.8 Å². The van der Waals surface area contributed by atoms with Crippen molar-refractivity contribution in [1.29, 1.82) is 0 Å². The number of nitrogens with zero attached hydrogens (tertiary/aromatic N) is 1. The monoisotopic (exact) mass is 401 g/mol. The highest BCUT2D eigenvalue weighted by molar-refractivity contribution is 9.10. The van der Waals surface area contributed by atoms with E-state index in [1.165, 1.54) is 6.07 Å². The molecule has 0 bridgehead atoms. The molecule has 3 aromatic rings. The van der Waals surface area contributed by atoms with E-state index in [0.717, 1.165) is 17.1 Å². The molecule has 0 spiro atoms. The molecule has 0 saturated carbocycles. The molecule has 2 amide bonds. The molecule has 2 heterocycles. The molecular formula is C18H16BrN3O3. The fraction of sp³-hybridized carbons (Fsp3) is 0.111. The van der Waals surface area contributed by atoms with Gasteiger partial charge in [-0.05, 0) is 60.1 Å². The van der Waals surface area contributed by atoms with Crippen LogP contribution in [-0.4, -0.2) is 16.4 Å². The predicted molar refractivity (Wildman–Crippen MR) is 96.6 cm³/mol. The summed E-state index contributed by atoms with van der Waals surface area (Å²) in [5, 5.41) is 0. The van der Waals surface area contributed by atoms with Gasteiger partial charge in [-0.15, -0.1) is 0 Å². The quantitative estimate of drug-likeness (QED) is 0.659. The summed E-state index contributed by atoms with van der Waals surface area (Å²) in [6.07, 6.45) is 0. The molecule has 6 nitrogen and oxygen atoms in total. The molecule has 25 heavy (non-hydrogen) atoms. The van der Waals surface area contributed by atoms with Gasteiger partial charge in [-0.3, -0.25) is 20.4 Å². The van der Waals surface area contributed by atoms with Gasteiger partial charge >= 0.3 is 5.91 Å². The van der Waals surface area contributed by atoms with Crippen LogP contribution in [0.2, 0.25) is 0 Å². The maximum Gasteiger partial charge on any atom is 0.305 e. The Morgan fingerprint density at radius 1 is 1.00 bits per heavy atom. The lowest BCUT2D eigenvalue weighted by Crippen LogP contribution is -2.41. The van der Waals surface area contributed by atoms with Gasteiger partial charge in [0.15, 0.2) is 10.4 Å². The summed E-state index contributed by atoms with van der Waals surface area (Å²) in [7, 11) is 0. The molecule has 0 aliphatic heterocycles. The predicted octanol–water partition coefficient (Wildman–Crippen LogP) is 3.52. The zero-order valence-corrected chi connectivity index (χ0v) is 15.3. The fourth-order valence-electron chi connectivity index (χ4n) is 2.65. The Labute approximate surface area is 152 Å². The standard InChI is InChI=1S/C18H16BrN3O3/c1-11-10-14(12(2)22(11)13-6-4-3-5-7-13)17(23)20-21-18(24)15-8-9-16(19)25-15/h3-10H,1-2H3,(H,20,23)(H,21,24). The number of carbonyl (C=O) groups excluding carboxylic acids is 2. The van der Waals surface area contributed by atoms with Gasteiger partial charge in [-0.2, -0.15) is 0 Å². The molecule has 1 aromatic carbocycles. The summed E-state index contributed by atoms with van der Waals surface area (Å²) in [6, 6.07) is 14.7. The molecule has 0 unspecified atom stereocenters. The van der Waals surface area contributed by atoms with E-state index >= 15 is 0 Å². The molecule has 3 rings (SSSR count). The van der Waals surface area contributed by atoms with Crippen molar-refractivity contribution in [3.63, 3.8) is 0 Å². The average molecular weight is 402 g/mol. The Morgan fingerprint density at radius 2 is 1.68 bits per heavy atom. The van der Waals surface area contributed by atoms with Crippen LogP contribution in [0.15, 0.2) is 57.6 Å². The van der Waals surface area contributed by atoms with Gasteiger partial charge < -0.3 is 8.98 Å². The van der Waals surface area contributed by atoms with Crippen molar-refractivity contribution >= 4 is 27.7 Å². The summed E-state index contributed by atoms with van der Waals surface area (Å²) in [5.41, 5.74) is 7.93. The van der Waals surface area contributed by atoms with E-state index < -0.39 is 11.8 Å². The van der Waals surface area contributed by atoms with Crippen molar-refractivity contribution in [2.24, 2.45) is 0 Å². The molecule has 0 atom stereocenters. The van der Waals surface area contributed by atoms with Crippen LogP contribution in [0.3, 0.4) is 0 Å². The smallest absolute Gasteiger partial charge is 0.305 e. The zero-order valence-electron chi connectivity index (χ0n) is 13.7. The maximum absolute atomic E-state index is 12.4. The Balaban J connectivity index is 1.76. The van der Waals surface area contributed by atoms with E-state index in [0.29, 0.717) is 10.2 Å².